The van der Waals surface area contributed by atoms with Crippen LogP contribution in [-0.4, -0.2) is 19.2 Å². The van der Waals surface area contributed by atoms with Gasteiger partial charge in [0, 0.05) is 29.0 Å². The van der Waals surface area contributed by atoms with Crippen molar-refractivity contribution in [1.29, 1.82) is 0 Å². The normalized spacial score (nSPS) is 10.5. The predicted molar refractivity (Wildman–Crippen MR) is 91.8 cm³/mol. The molecule has 3 rings (SSSR count). The molecule has 0 fully saturated rings. The smallest absolute Gasteiger partial charge is 0.807 e. The molecule has 0 aliphatic carbocycles. The summed E-state index contributed by atoms with van der Waals surface area (Å²) in [5, 5.41) is 3.75. The van der Waals surface area contributed by atoms with Gasteiger partial charge >= 0.3 is 59.1 Å². The largest absolute Gasteiger partial charge is 1.00 e. The molecule has 0 bridgehead atoms. The first kappa shape index (κ1) is 24.4. The van der Waals surface area contributed by atoms with Crippen LogP contribution in [0.1, 0.15) is 0 Å². The van der Waals surface area contributed by atoms with Crippen molar-refractivity contribution in [3.8, 4) is 11.5 Å². The molecule has 0 saturated heterocycles. The average Bonchev–Trinajstić information content (AvgIpc) is 2.60. The number of anilines is 2. The van der Waals surface area contributed by atoms with Crippen molar-refractivity contribution in [2.24, 2.45) is 0 Å². The summed E-state index contributed by atoms with van der Waals surface area (Å²) >= 11 is 0. The van der Waals surface area contributed by atoms with Gasteiger partial charge in [-0.05, 0) is 37.2 Å². The number of hydrogen-bond acceptors (Lipinski definition) is 7. The van der Waals surface area contributed by atoms with Gasteiger partial charge in [-0.15, -0.1) is 0 Å². The van der Waals surface area contributed by atoms with Crippen LogP contribution in [0.5, 0.6) is 11.5 Å². The van der Waals surface area contributed by atoms with E-state index in [0.29, 0.717) is 22.7 Å². The number of rotatable bonds is 5. The summed E-state index contributed by atoms with van der Waals surface area (Å²) in [7, 11) is -1.64. The number of methoxy groups -OCH3 is 2. The van der Waals surface area contributed by atoms with Crippen LogP contribution in [0.3, 0.4) is 0 Å². The molecule has 0 spiro atoms. The first-order chi connectivity index (χ1) is 11.9. The van der Waals surface area contributed by atoms with E-state index in [-0.39, 0.29) is 64.4 Å². The number of benzene rings is 2. The maximum Gasteiger partial charge on any atom is 1.00 e. The first-order valence-electron chi connectivity index (χ1n) is 7.33. The topological polar surface area (TPSA) is 107 Å². The van der Waals surface area contributed by atoms with Gasteiger partial charge in [-0.2, -0.15) is 0 Å². The molecule has 10 heteroatoms. The predicted octanol–water partition coefficient (Wildman–Crippen LogP) is -4.46. The number of nitrogens with zero attached hydrogens (tertiary/aromatic N) is 1. The minimum absolute atomic E-state index is 0. The van der Waals surface area contributed by atoms with E-state index in [0.717, 1.165) is 11.1 Å². The van der Waals surface area contributed by atoms with Crippen molar-refractivity contribution in [3.63, 3.8) is 0 Å². The van der Waals surface area contributed by atoms with Gasteiger partial charge in [-0.3, -0.25) is 4.98 Å². The third kappa shape index (κ3) is 5.70. The van der Waals surface area contributed by atoms with E-state index in [2.05, 4.69) is 10.3 Å². The van der Waals surface area contributed by atoms with Gasteiger partial charge in [0.05, 0.1) is 19.7 Å². The Morgan fingerprint density at radius 2 is 1.56 bits per heavy atom. The molecule has 0 radical (unpaired) electrons. The van der Waals surface area contributed by atoms with E-state index in [1.165, 1.54) is 24.3 Å². The maximum atomic E-state index is 11.0. The van der Waals surface area contributed by atoms with Gasteiger partial charge in [0.1, 0.15) is 0 Å². The molecule has 1 heterocycles. The summed E-state index contributed by atoms with van der Waals surface area (Å²) in [5.74, 6) is 1.14. The SMILES string of the molecule is COc1cc2nccc(Nc3ccc(P(=O)([O-])[O-])cc3)c2cc1OC.[Na+].[Na+]. The molecule has 0 unspecified atom stereocenters. The van der Waals surface area contributed by atoms with Crippen LogP contribution >= 0.6 is 7.60 Å². The van der Waals surface area contributed by atoms with E-state index in [4.69, 9.17) is 9.47 Å². The minimum Gasteiger partial charge on any atom is -0.807 e. The molecule has 130 valence electrons. The van der Waals surface area contributed by atoms with Crippen molar-refractivity contribution in [1.82, 2.24) is 4.98 Å². The van der Waals surface area contributed by atoms with Gasteiger partial charge in [-0.1, -0.05) is 12.1 Å². The molecular weight excluding hydrogens is 389 g/mol. The number of fused-ring (bicyclic) bond motifs is 1. The summed E-state index contributed by atoms with van der Waals surface area (Å²) in [6, 6.07) is 11.0. The van der Waals surface area contributed by atoms with Crippen LogP contribution in [0.4, 0.5) is 11.4 Å². The third-order valence-electron chi connectivity index (χ3n) is 3.71. The summed E-state index contributed by atoms with van der Waals surface area (Å²) in [6.07, 6.45) is 1.65. The number of aromatic nitrogens is 1. The minimum atomic E-state index is -4.75. The van der Waals surface area contributed by atoms with Gasteiger partial charge in [0.2, 0.25) is 0 Å². The number of pyridine rings is 1. The molecular formula is C17H15N2Na2O5P. The van der Waals surface area contributed by atoms with Crippen molar-refractivity contribution in [3.05, 3.63) is 48.7 Å². The monoisotopic (exact) mass is 404 g/mol. The van der Waals surface area contributed by atoms with Crippen LogP contribution < -0.4 is 89.0 Å². The molecule has 1 N–H and O–H groups in total. The van der Waals surface area contributed by atoms with Gasteiger partial charge in [0.25, 0.3) is 0 Å². The number of nitrogens with one attached hydrogen (secondary N) is 1. The second-order valence-corrected chi connectivity index (χ2v) is 6.76. The van der Waals surface area contributed by atoms with Crippen LogP contribution in [-0.2, 0) is 4.57 Å². The fraction of sp³-hybridized carbons (Fsp3) is 0.118. The zero-order chi connectivity index (χ0) is 18.0. The Kier molecular flexibility index (Phi) is 9.28. The maximum absolute atomic E-state index is 11.0. The summed E-state index contributed by atoms with van der Waals surface area (Å²) in [6.45, 7) is 0. The van der Waals surface area contributed by atoms with E-state index in [9.17, 15) is 14.4 Å². The zero-order valence-corrected chi connectivity index (χ0v) is 20.4. The average molecular weight is 404 g/mol. The third-order valence-corrected chi connectivity index (χ3v) is 4.64. The van der Waals surface area contributed by atoms with Crippen molar-refractivity contribution in [2.45, 2.75) is 0 Å². The molecule has 0 aliphatic heterocycles. The fourth-order valence-corrected chi connectivity index (χ4v) is 2.98. The number of hydrogen-bond donors (Lipinski definition) is 1. The Morgan fingerprint density at radius 1 is 0.963 bits per heavy atom. The van der Waals surface area contributed by atoms with Crippen LogP contribution in [0.15, 0.2) is 48.7 Å². The molecule has 0 amide bonds. The van der Waals surface area contributed by atoms with Crippen molar-refractivity contribution in [2.75, 3.05) is 19.5 Å². The molecule has 7 nitrogen and oxygen atoms in total. The van der Waals surface area contributed by atoms with E-state index >= 15 is 0 Å². The Morgan fingerprint density at radius 3 is 2.11 bits per heavy atom. The molecule has 1 aromatic heterocycles. The molecule has 0 aliphatic rings. The Bertz CT molecular complexity index is 963. The van der Waals surface area contributed by atoms with Crippen molar-refractivity contribution >= 4 is 35.2 Å². The summed E-state index contributed by atoms with van der Waals surface area (Å²) in [4.78, 5) is 26.4. The zero-order valence-electron chi connectivity index (χ0n) is 15.6. The second-order valence-electron chi connectivity index (χ2n) is 5.25. The van der Waals surface area contributed by atoms with E-state index in [1.807, 2.05) is 0 Å². The van der Waals surface area contributed by atoms with E-state index < -0.39 is 7.60 Å². The Labute approximate surface area is 201 Å². The summed E-state index contributed by atoms with van der Waals surface area (Å²) in [5.41, 5.74) is 2.11. The molecule has 0 atom stereocenters. The molecule has 0 saturated carbocycles. The standard InChI is InChI=1S/C17H17N2O5P.2Na/c1-23-16-9-13-14(7-8-18-15(13)10-17(16)24-2)19-11-3-5-12(6-4-11)25(20,21)22;;/h3-10H,1-2H3,(H,18,19)(H2,20,21,22);;/q;2*+1/p-2. The Hall–Kier alpha value is -0.600. The van der Waals surface area contributed by atoms with Gasteiger partial charge < -0.3 is 29.1 Å². The van der Waals surface area contributed by atoms with Crippen LogP contribution in [0, 0.1) is 0 Å². The fourth-order valence-electron chi connectivity index (χ4n) is 2.46. The first-order valence-corrected chi connectivity index (χ1v) is 8.87. The molecule has 3 aromatic rings. The second kappa shape index (κ2) is 10.3. The van der Waals surface area contributed by atoms with Gasteiger partial charge in [0.15, 0.2) is 11.5 Å². The molecule has 2 aromatic carbocycles. The van der Waals surface area contributed by atoms with Crippen LogP contribution in [0.25, 0.3) is 10.9 Å². The Balaban J connectivity index is 0.00000182. The quantitative estimate of drug-likeness (QED) is 0.338. The van der Waals surface area contributed by atoms with E-state index in [1.54, 1.807) is 38.6 Å². The van der Waals surface area contributed by atoms with Crippen LogP contribution in [0.2, 0.25) is 0 Å². The van der Waals surface area contributed by atoms with Gasteiger partial charge in [-0.25, -0.2) is 0 Å². The number of ether oxygens (including phenoxy) is 2. The van der Waals surface area contributed by atoms with Crippen molar-refractivity contribution < 1.29 is 82.9 Å². The molecule has 27 heavy (non-hydrogen) atoms. The summed E-state index contributed by atoms with van der Waals surface area (Å²) < 4.78 is 21.6.